The molecule has 0 unspecified atom stereocenters. The summed E-state index contributed by atoms with van der Waals surface area (Å²) in [4.78, 5) is 4.23. The predicted molar refractivity (Wildman–Crippen MR) is 74.4 cm³/mol. The Labute approximate surface area is 116 Å². The van der Waals surface area contributed by atoms with Gasteiger partial charge in [0.25, 0.3) is 0 Å². The number of aryl methyl sites for hydroxylation is 2. The fourth-order valence-corrected chi connectivity index (χ4v) is 1.88. The van der Waals surface area contributed by atoms with E-state index in [0.29, 0.717) is 33.5 Å². The second kappa shape index (κ2) is 5.17. The number of hydrogen-bond donors (Lipinski definition) is 1. The lowest BCUT2D eigenvalue weighted by Gasteiger charge is -2.10. The third kappa shape index (κ3) is 2.78. The van der Waals surface area contributed by atoms with Gasteiger partial charge in [-0.05, 0) is 26.0 Å². The lowest BCUT2D eigenvalue weighted by atomic mass is 10.2. The van der Waals surface area contributed by atoms with Gasteiger partial charge >= 0.3 is 0 Å². The van der Waals surface area contributed by atoms with Gasteiger partial charge in [0, 0.05) is 17.8 Å². The molecule has 0 saturated carbocycles. The first-order valence-electron chi connectivity index (χ1n) is 5.62. The van der Waals surface area contributed by atoms with Crippen molar-refractivity contribution in [1.82, 2.24) is 4.98 Å². The number of rotatable bonds is 2. The Kier molecular flexibility index (Phi) is 3.59. The number of pyridine rings is 1. The summed E-state index contributed by atoms with van der Waals surface area (Å²) in [5.41, 5.74) is 7.96. The first kappa shape index (κ1) is 13.2. The maximum Gasteiger partial charge on any atom is 0.148 e. The standard InChI is InChI=1S/C14H12ClN3O/c1-8-5-14(11(7-16)9(2)18-8)19-10-3-4-13(17)12(15)6-10/h3-6H,17H2,1-2H3. The molecule has 2 N–H and O–H groups in total. The van der Waals surface area contributed by atoms with Crippen LogP contribution in [0.3, 0.4) is 0 Å². The van der Waals surface area contributed by atoms with Crippen LogP contribution in [-0.4, -0.2) is 4.98 Å². The molecular weight excluding hydrogens is 262 g/mol. The minimum absolute atomic E-state index is 0.415. The van der Waals surface area contributed by atoms with E-state index in [1.807, 2.05) is 6.92 Å². The van der Waals surface area contributed by atoms with Crippen molar-refractivity contribution in [3.05, 3.63) is 46.2 Å². The fourth-order valence-electron chi connectivity index (χ4n) is 1.71. The number of halogens is 1. The summed E-state index contributed by atoms with van der Waals surface area (Å²) >= 11 is 5.93. The third-order valence-electron chi connectivity index (χ3n) is 2.60. The molecule has 5 heteroatoms. The second-order valence-electron chi connectivity index (χ2n) is 4.12. The van der Waals surface area contributed by atoms with Crippen LogP contribution in [0.5, 0.6) is 11.5 Å². The van der Waals surface area contributed by atoms with E-state index < -0.39 is 0 Å². The lowest BCUT2D eigenvalue weighted by Crippen LogP contribution is -1.96. The zero-order valence-electron chi connectivity index (χ0n) is 10.6. The highest BCUT2D eigenvalue weighted by atomic mass is 35.5. The van der Waals surface area contributed by atoms with Crippen molar-refractivity contribution >= 4 is 17.3 Å². The maximum absolute atomic E-state index is 9.15. The van der Waals surface area contributed by atoms with Crippen LogP contribution in [0.15, 0.2) is 24.3 Å². The SMILES string of the molecule is Cc1cc(Oc2ccc(N)c(Cl)c2)c(C#N)c(C)n1. The highest BCUT2D eigenvalue weighted by Gasteiger charge is 2.11. The van der Waals surface area contributed by atoms with Crippen molar-refractivity contribution < 1.29 is 4.74 Å². The number of anilines is 1. The van der Waals surface area contributed by atoms with E-state index in [-0.39, 0.29) is 0 Å². The minimum Gasteiger partial charge on any atom is -0.456 e. The molecule has 96 valence electrons. The van der Waals surface area contributed by atoms with Crippen molar-refractivity contribution in [3.8, 4) is 17.6 Å². The largest absolute Gasteiger partial charge is 0.456 e. The molecule has 0 aliphatic rings. The summed E-state index contributed by atoms with van der Waals surface area (Å²) in [6.45, 7) is 3.62. The zero-order valence-corrected chi connectivity index (χ0v) is 11.3. The minimum atomic E-state index is 0.415. The summed E-state index contributed by atoms with van der Waals surface area (Å²) in [5, 5.41) is 9.57. The van der Waals surface area contributed by atoms with Crippen molar-refractivity contribution in [2.24, 2.45) is 0 Å². The Bertz CT molecular complexity index is 677. The van der Waals surface area contributed by atoms with Gasteiger partial charge in [0.2, 0.25) is 0 Å². The normalized spacial score (nSPS) is 10.0. The number of nitrogens with two attached hydrogens (primary N) is 1. The van der Waals surface area contributed by atoms with Crippen molar-refractivity contribution in [1.29, 1.82) is 5.26 Å². The van der Waals surface area contributed by atoms with E-state index in [1.165, 1.54) is 0 Å². The van der Waals surface area contributed by atoms with Crippen LogP contribution >= 0.6 is 11.6 Å². The van der Waals surface area contributed by atoms with Gasteiger partial charge < -0.3 is 10.5 Å². The van der Waals surface area contributed by atoms with Crippen molar-refractivity contribution in [3.63, 3.8) is 0 Å². The average molecular weight is 274 g/mol. The maximum atomic E-state index is 9.15. The quantitative estimate of drug-likeness (QED) is 0.849. The fraction of sp³-hybridized carbons (Fsp3) is 0.143. The molecule has 0 atom stereocenters. The number of ether oxygens (including phenoxy) is 1. The van der Waals surface area contributed by atoms with Gasteiger partial charge in [-0.2, -0.15) is 5.26 Å². The Hall–Kier alpha value is -2.25. The number of nitrogen functional groups attached to an aromatic ring is 1. The van der Waals surface area contributed by atoms with E-state index >= 15 is 0 Å². The van der Waals surface area contributed by atoms with Gasteiger partial charge in [-0.1, -0.05) is 11.6 Å². The van der Waals surface area contributed by atoms with E-state index in [0.717, 1.165) is 5.69 Å². The molecule has 1 aromatic carbocycles. The number of nitriles is 1. The summed E-state index contributed by atoms with van der Waals surface area (Å²) in [5.74, 6) is 0.994. The van der Waals surface area contributed by atoms with E-state index in [1.54, 1.807) is 31.2 Å². The highest BCUT2D eigenvalue weighted by molar-refractivity contribution is 6.33. The monoisotopic (exact) mass is 273 g/mol. The van der Waals surface area contributed by atoms with Gasteiger partial charge in [-0.15, -0.1) is 0 Å². The Balaban J connectivity index is 2.43. The first-order chi connectivity index (χ1) is 9.01. The molecule has 2 aromatic rings. The Morgan fingerprint density at radius 1 is 1.32 bits per heavy atom. The number of hydrogen-bond acceptors (Lipinski definition) is 4. The first-order valence-corrected chi connectivity index (χ1v) is 6.00. The Morgan fingerprint density at radius 2 is 2.05 bits per heavy atom. The molecular formula is C14H12ClN3O. The summed E-state index contributed by atoms with van der Waals surface area (Å²) < 4.78 is 5.70. The summed E-state index contributed by atoms with van der Waals surface area (Å²) in [6.07, 6.45) is 0. The van der Waals surface area contributed by atoms with Gasteiger partial charge in [-0.3, -0.25) is 4.98 Å². The molecule has 0 aliphatic carbocycles. The van der Waals surface area contributed by atoms with E-state index in [9.17, 15) is 0 Å². The molecule has 1 aromatic heterocycles. The summed E-state index contributed by atoms with van der Waals surface area (Å²) in [7, 11) is 0. The molecule has 2 rings (SSSR count). The molecule has 1 heterocycles. The van der Waals surface area contributed by atoms with Crippen LogP contribution in [0.2, 0.25) is 5.02 Å². The van der Waals surface area contributed by atoms with Crippen molar-refractivity contribution in [2.45, 2.75) is 13.8 Å². The molecule has 0 fully saturated rings. The van der Waals surface area contributed by atoms with Crippen molar-refractivity contribution in [2.75, 3.05) is 5.73 Å². The van der Waals surface area contributed by atoms with Crippen LogP contribution in [0.25, 0.3) is 0 Å². The van der Waals surface area contributed by atoms with Crippen LogP contribution in [0.1, 0.15) is 17.0 Å². The predicted octanol–water partition coefficient (Wildman–Crippen LogP) is 3.60. The van der Waals surface area contributed by atoms with Gasteiger partial charge in [0.15, 0.2) is 0 Å². The topological polar surface area (TPSA) is 71.9 Å². The molecule has 0 spiro atoms. The molecule has 4 nitrogen and oxygen atoms in total. The second-order valence-corrected chi connectivity index (χ2v) is 4.53. The third-order valence-corrected chi connectivity index (χ3v) is 2.93. The molecule has 0 bridgehead atoms. The summed E-state index contributed by atoms with van der Waals surface area (Å²) in [6, 6.07) is 8.78. The lowest BCUT2D eigenvalue weighted by molar-refractivity contribution is 0.479. The average Bonchev–Trinajstić information content (AvgIpc) is 2.33. The van der Waals surface area contributed by atoms with E-state index in [2.05, 4.69) is 11.1 Å². The molecule has 19 heavy (non-hydrogen) atoms. The number of aromatic nitrogens is 1. The van der Waals surface area contributed by atoms with E-state index in [4.69, 9.17) is 27.3 Å². The van der Waals surface area contributed by atoms with Crippen LogP contribution < -0.4 is 10.5 Å². The number of benzene rings is 1. The van der Waals surface area contributed by atoms with Crippen LogP contribution in [-0.2, 0) is 0 Å². The van der Waals surface area contributed by atoms with Gasteiger partial charge in [-0.25, -0.2) is 0 Å². The van der Waals surface area contributed by atoms with Crippen LogP contribution in [0.4, 0.5) is 5.69 Å². The highest BCUT2D eigenvalue weighted by Crippen LogP contribution is 2.30. The molecule has 0 saturated heterocycles. The Morgan fingerprint density at radius 3 is 2.68 bits per heavy atom. The van der Waals surface area contributed by atoms with Gasteiger partial charge in [0.1, 0.15) is 23.1 Å². The number of nitrogens with zero attached hydrogens (tertiary/aromatic N) is 2. The molecule has 0 aliphatic heterocycles. The molecule has 0 amide bonds. The zero-order chi connectivity index (χ0) is 14.0. The smallest absolute Gasteiger partial charge is 0.148 e. The molecule has 0 radical (unpaired) electrons. The van der Waals surface area contributed by atoms with Gasteiger partial charge in [0.05, 0.1) is 16.4 Å². The van der Waals surface area contributed by atoms with Crippen LogP contribution in [0, 0.1) is 25.2 Å².